The number of benzene rings is 2. The molecule has 9 nitrogen and oxygen atoms in total. The quantitative estimate of drug-likeness (QED) is 0.369. The van der Waals surface area contributed by atoms with E-state index in [1.54, 1.807) is 25.3 Å². The Bertz CT molecular complexity index is 1430. The Morgan fingerprint density at radius 2 is 1.57 bits per heavy atom. The van der Waals surface area contributed by atoms with Crippen LogP contribution in [0.4, 0.5) is 36.3 Å². The molecule has 3 fully saturated rings. The van der Waals surface area contributed by atoms with Crippen LogP contribution in [0.15, 0.2) is 24.3 Å². The van der Waals surface area contributed by atoms with Gasteiger partial charge in [0.2, 0.25) is 0 Å². The molecule has 1 aliphatic carbocycles. The Labute approximate surface area is 257 Å². The summed E-state index contributed by atoms with van der Waals surface area (Å²) in [6, 6.07) is 7.14. The summed E-state index contributed by atoms with van der Waals surface area (Å²) in [5.74, 6) is -2.00. The zero-order valence-electron chi connectivity index (χ0n) is 26.0. The summed E-state index contributed by atoms with van der Waals surface area (Å²) in [5, 5.41) is 5.96. The molecule has 11 heteroatoms. The molecule has 3 aliphatic heterocycles. The second kappa shape index (κ2) is 11.3. The van der Waals surface area contributed by atoms with Crippen LogP contribution in [0.5, 0.6) is 11.5 Å². The van der Waals surface area contributed by atoms with Gasteiger partial charge in [-0.25, -0.2) is 13.6 Å². The summed E-state index contributed by atoms with van der Waals surface area (Å²) < 4.78 is 44.9. The number of anilines is 4. The number of nitrogens with zero attached hydrogens (tertiary/aromatic N) is 2. The maximum atomic E-state index is 14.2. The molecule has 6 rings (SSSR count). The van der Waals surface area contributed by atoms with Gasteiger partial charge in [0, 0.05) is 56.7 Å². The first kappa shape index (κ1) is 30.3. The minimum atomic E-state index is -2.68. The lowest BCUT2D eigenvalue weighted by Crippen LogP contribution is -2.39. The van der Waals surface area contributed by atoms with Gasteiger partial charge in [0.1, 0.15) is 22.7 Å². The fourth-order valence-electron chi connectivity index (χ4n) is 6.52. The summed E-state index contributed by atoms with van der Waals surface area (Å²) in [7, 11) is 1.54. The average Bonchev–Trinajstić information content (AvgIpc) is 3.52. The molecule has 0 bridgehead atoms. The lowest BCUT2D eigenvalue weighted by molar-refractivity contribution is -0.0221. The first-order valence-electron chi connectivity index (χ1n) is 15.6. The van der Waals surface area contributed by atoms with E-state index in [0.717, 1.165) is 31.5 Å². The van der Waals surface area contributed by atoms with E-state index in [4.69, 9.17) is 14.2 Å². The molecule has 4 aliphatic rings. The minimum absolute atomic E-state index is 0.189. The number of methoxy groups -OCH3 is 1. The zero-order chi connectivity index (χ0) is 31.3. The first-order valence-corrected chi connectivity index (χ1v) is 15.6. The van der Waals surface area contributed by atoms with Crippen molar-refractivity contribution < 1.29 is 32.6 Å². The van der Waals surface area contributed by atoms with E-state index in [1.165, 1.54) is 12.8 Å². The topological polar surface area (TPSA) is 92.4 Å². The van der Waals surface area contributed by atoms with Crippen molar-refractivity contribution in [2.24, 2.45) is 5.41 Å². The maximum absolute atomic E-state index is 14.2. The van der Waals surface area contributed by atoms with Crippen molar-refractivity contribution in [1.29, 1.82) is 0 Å². The monoisotopic (exact) mass is 612 g/mol. The number of carbonyl (C=O) groups excluding carboxylic acids is 2. The van der Waals surface area contributed by atoms with Crippen LogP contribution in [0.1, 0.15) is 75.2 Å². The third-order valence-electron chi connectivity index (χ3n) is 9.22. The van der Waals surface area contributed by atoms with Crippen molar-refractivity contribution in [2.45, 2.75) is 77.2 Å². The molecule has 3 heterocycles. The molecule has 2 saturated heterocycles. The molecule has 2 aromatic carbocycles. The van der Waals surface area contributed by atoms with Gasteiger partial charge < -0.3 is 29.3 Å². The summed E-state index contributed by atoms with van der Waals surface area (Å²) in [6.07, 6.45) is 4.11. The molecule has 0 radical (unpaired) electrons. The summed E-state index contributed by atoms with van der Waals surface area (Å²) >= 11 is 0. The molecule has 0 aromatic heterocycles. The van der Waals surface area contributed by atoms with Gasteiger partial charge >= 0.3 is 6.09 Å². The molecule has 2 aromatic rings. The molecule has 0 unspecified atom stereocenters. The van der Waals surface area contributed by atoms with Crippen molar-refractivity contribution >= 4 is 34.7 Å². The van der Waals surface area contributed by atoms with E-state index < -0.39 is 17.6 Å². The van der Waals surface area contributed by atoms with Crippen LogP contribution in [0, 0.1) is 5.41 Å². The highest BCUT2D eigenvalue weighted by Gasteiger charge is 2.45. The number of ether oxygens (including phenoxy) is 3. The predicted octanol–water partition coefficient (Wildman–Crippen LogP) is 6.85. The van der Waals surface area contributed by atoms with Crippen molar-refractivity contribution in [3.8, 4) is 11.5 Å². The molecule has 2 amide bonds. The Balaban J connectivity index is 1.32. The van der Waals surface area contributed by atoms with Crippen LogP contribution in [-0.2, 0) is 11.2 Å². The normalized spacial score (nSPS) is 20.0. The SMILES string of the molecule is COc1ccc(NC(=O)c2c(N3CCC4(CC3)CC4)cc(NC(=O)OC(C)(C)C)c3c2OCC3)cc1N1CCC(F)(F)CC1. The van der Waals surface area contributed by atoms with E-state index in [-0.39, 0.29) is 31.8 Å². The van der Waals surface area contributed by atoms with Crippen LogP contribution < -0.4 is 29.9 Å². The second-order valence-electron chi connectivity index (χ2n) is 13.5. The number of piperidine rings is 2. The molecule has 238 valence electrons. The molecule has 2 N–H and O–H groups in total. The fraction of sp³-hybridized carbons (Fsp3) is 0.576. The molecule has 44 heavy (non-hydrogen) atoms. The number of carbonyl (C=O) groups is 2. The number of hydrogen-bond donors (Lipinski definition) is 2. The Kier molecular flexibility index (Phi) is 7.78. The van der Waals surface area contributed by atoms with Gasteiger partial charge in [0.15, 0.2) is 0 Å². The van der Waals surface area contributed by atoms with Crippen LogP contribution in [0.25, 0.3) is 0 Å². The second-order valence-corrected chi connectivity index (χ2v) is 13.5. The fourth-order valence-corrected chi connectivity index (χ4v) is 6.52. The van der Waals surface area contributed by atoms with E-state index in [0.29, 0.717) is 58.3 Å². The van der Waals surface area contributed by atoms with E-state index in [2.05, 4.69) is 15.5 Å². The Hall–Kier alpha value is -3.76. The maximum Gasteiger partial charge on any atom is 0.412 e. The van der Waals surface area contributed by atoms with E-state index in [9.17, 15) is 18.4 Å². The number of fused-ring (bicyclic) bond motifs is 1. The van der Waals surface area contributed by atoms with Gasteiger partial charge in [0.25, 0.3) is 11.8 Å². The highest BCUT2D eigenvalue weighted by Crippen LogP contribution is 2.54. The number of alkyl halides is 2. The van der Waals surface area contributed by atoms with Gasteiger partial charge in [-0.15, -0.1) is 0 Å². The Morgan fingerprint density at radius 3 is 2.20 bits per heavy atom. The largest absolute Gasteiger partial charge is 0.495 e. The number of halogens is 2. The van der Waals surface area contributed by atoms with Gasteiger partial charge in [-0.1, -0.05) is 0 Å². The van der Waals surface area contributed by atoms with Crippen molar-refractivity contribution in [2.75, 3.05) is 60.3 Å². The van der Waals surface area contributed by atoms with Crippen LogP contribution in [0.3, 0.4) is 0 Å². The summed E-state index contributed by atoms with van der Waals surface area (Å²) in [5.41, 5.74) is 3.41. The van der Waals surface area contributed by atoms with Gasteiger partial charge in [-0.3, -0.25) is 10.1 Å². The predicted molar refractivity (Wildman–Crippen MR) is 166 cm³/mol. The van der Waals surface area contributed by atoms with Crippen molar-refractivity contribution in [1.82, 2.24) is 0 Å². The number of amides is 2. The van der Waals surface area contributed by atoms with Gasteiger partial charge in [-0.05, 0) is 76.1 Å². The van der Waals surface area contributed by atoms with E-state index in [1.807, 2.05) is 31.7 Å². The smallest absolute Gasteiger partial charge is 0.412 e. The Morgan fingerprint density at radius 1 is 0.909 bits per heavy atom. The number of nitrogens with one attached hydrogen (secondary N) is 2. The van der Waals surface area contributed by atoms with Crippen LogP contribution in [-0.4, -0.2) is 63.4 Å². The molecule has 1 spiro atoms. The summed E-state index contributed by atoms with van der Waals surface area (Å²) in [4.78, 5) is 31.0. The lowest BCUT2D eigenvalue weighted by atomic mass is 9.92. The van der Waals surface area contributed by atoms with E-state index >= 15 is 0 Å². The van der Waals surface area contributed by atoms with Crippen molar-refractivity contribution in [3.63, 3.8) is 0 Å². The van der Waals surface area contributed by atoms with Gasteiger partial charge in [-0.2, -0.15) is 0 Å². The third-order valence-corrected chi connectivity index (χ3v) is 9.22. The molecular formula is C33H42F2N4O5. The average molecular weight is 613 g/mol. The third kappa shape index (κ3) is 6.37. The zero-order valence-corrected chi connectivity index (χ0v) is 26.0. The molecule has 0 atom stereocenters. The van der Waals surface area contributed by atoms with Crippen LogP contribution >= 0.6 is 0 Å². The molecule has 1 saturated carbocycles. The van der Waals surface area contributed by atoms with Crippen LogP contribution in [0.2, 0.25) is 0 Å². The van der Waals surface area contributed by atoms with Gasteiger partial charge in [0.05, 0.1) is 30.8 Å². The minimum Gasteiger partial charge on any atom is -0.495 e. The highest BCUT2D eigenvalue weighted by atomic mass is 19.3. The first-order chi connectivity index (χ1) is 20.9. The lowest BCUT2D eigenvalue weighted by Gasteiger charge is -2.35. The standard InChI is InChI=1S/C33H42F2N4O5/c1-31(2,3)44-30(41)37-23-20-25(39-14-10-32(8-9-32)11-15-39)27(28-22(23)7-18-43-28)29(40)36-21-5-6-26(42-4)24(19-21)38-16-12-33(34,35)13-17-38/h5-6,19-20H,7-18H2,1-4H3,(H,36,40)(H,37,41). The highest BCUT2D eigenvalue weighted by molar-refractivity contribution is 6.12. The number of rotatable bonds is 6. The van der Waals surface area contributed by atoms with Crippen molar-refractivity contribution in [3.05, 3.63) is 35.4 Å². The summed E-state index contributed by atoms with van der Waals surface area (Å²) in [6.45, 7) is 7.80. The number of hydrogen-bond acceptors (Lipinski definition) is 7. The molecular weight excluding hydrogens is 570 g/mol.